The summed E-state index contributed by atoms with van der Waals surface area (Å²) < 4.78 is 31.9. The molecule has 0 spiro atoms. The molecule has 112 valence electrons. The van der Waals surface area contributed by atoms with E-state index < -0.39 is 10.0 Å². The van der Waals surface area contributed by atoms with Crippen LogP contribution in [0.25, 0.3) is 0 Å². The minimum atomic E-state index is -3.47. The second-order valence-corrected chi connectivity index (χ2v) is 7.06. The third kappa shape index (κ3) is 2.97. The van der Waals surface area contributed by atoms with E-state index in [0.717, 1.165) is 6.42 Å². The Hall–Kier alpha value is -1.11. The maximum Gasteiger partial charge on any atom is 0.243 e. The highest BCUT2D eigenvalue weighted by atomic mass is 32.2. The molecule has 0 saturated carbocycles. The van der Waals surface area contributed by atoms with E-state index in [1.54, 1.807) is 12.1 Å². The van der Waals surface area contributed by atoms with Gasteiger partial charge in [-0.15, -0.1) is 0 Å². The molecule has 6 heteroatoms. The number of aliphatic hydroxyl groups is 1. The lowest BCUT2D eigenvalue weighted by atomic mass is 10.2. The quantitative estimate of drug-likeness (QED) is 0.897. The number of aliphatic hydroxyl groups excluding tert-OH is 1. The fourth-order valence-electron chi connectivity index (χ4n) is 2.40. The molecule has 1 aliphatic rings. The van der Waals surface area contributed by atoms with Gasteiger partial charge in [-0.3, -0.25) is 0 Å². The van der Waals surface area contributed by atoms with Gasteiger partial charge in [0.2, 0.25) is 10.0 Å². The molecular formula is C14H21NO4S. The van der Waals surface area contributed by atoms with Gasteiger partial charge >= 0.3 is 0 Å². The highest BCUT2D eigenvalue weighted by molar-refractivity contribution is 7.89. The van der Waals surface area contributed by atoms with Crippen molar-refractivity contribution in [2.45, 2.75) is 31.8 Å². The van der Waals surface area contributed by atoms with Crippen LogP contribution in [0.15, 0.2) is 23.1 Å². The Morgan fingerprint density at radius 1 is 1.45 bits per heavy atom. The SMILES string of the molecule is CCOc1ccc(S(=O)(=O)N2CCC(C)C2)cc1CO. The first kappa shape index (κ1) is 15.3. The molecule has 1 unspecified atom stereocenters. The lowest BCUT2D eigenvalue weighted by Crippen LogP contribution is -2.28. The van der Waals surface area contributed by atoms with E-state index in [1.807, 2.05) is 13.8 Å². The molecule has 1 atom stereocenters. The van der Waals surface area contributed by atoms with E-state index in [-0.39, 0.29) is 11.5 Å². The summed E-state index contributed by atoms with van der Waals surface area (Å²) in [4.78, 5) is 0.221. The topological polar surface area (TPSA) is 66.8 Å². The van der Waals surface area contributed by atoms with E-state index in [4.69, 9.17) is 4.74 Å². The Bertz CT molecular complexity index is 571. The molecule has 1 aromatic carbocycles. The Labute approximate surface area is 120 Å². The molecule has 20 heavy (non-hydrogen) atoms. The minimum absolute atomic E-state index is 0.221. The van der Waals surface area contributed by atoms with Crippen LogP contribution in [0.5, 0.6) is 5.75 Å². The summed E-state index contributed by atoms with van der Waals surface area (Å²) >= 11 is 0. The molecule has 0 amide bonds. The zero-order valence-electron chi connectivity index (χ0n) is 11.9. The van der Waals surface area contributed by atoms with Gasteiger partial charge in [0.25, 0.3) is 0 Å². The van der Waals surface area contributed by atoms with Crippen LogP contribution in [0.2, 0.25) is 0 Å². The van der Waals surface area contributed by atoms with E-state index in [0.29, 0.717) is 36.9 Å². The second-order valence-electron chi connectivity index (χ2n) is 5.12. The van der Waals surface area contributed by atoms with Crippen molar-refractivity contribution in [1.29, 1.82) is 0 Å². The predicted molar refractivity (Wildman–Crippen MR) is 76.1 cm³/mol. The van der Waals surface area contributed by atoms with Gasteiger partial charge in [0.1, 0.15) is 5.75 Å². The monoisotopic (exact) mass is 299 g/mol. The van der Waals surface area contributed by atoms with Gasteiger partial charge in [-0.25, -0.2) is 8.42 Å². The Morgan fingerprint density at radius 3 is 2.75 bits per heavy atom. The average molecular weight is 299 g/mol. The number of nitrogens with zero attached hydrogens (tertiary/aromatic N) is 1. The van der Waals surface area contributed by atoms with Crippen molar-refractivity contribution in [3.05, 3.63) is 23.8 Å². The van der Waals surface area contributed by atoms with Crippen LogP contribution in [0, 0.1) is 5.92 Å². The van der Waals surface area contributed by atoms with Crippen molar-refractivity contribution in [2.75, 3.05) is 19.7 Å². The van der Waals surface area contributed by atoms with E-state index in [1.165, 1.54) is 10.4 Å². The molecule has 0 aliphatic carbocycles. The van der Waals surface area contributed by atoms with Crippen LogP contribution >= 0.6 is 0 Å². The summed E-state index contributed by atoms with van der Waals surface area (Å²) in [5.74, 6) is 0.925. The first-order valence-corrected chi connectivity index (χ1v) is 8.29. The van der Waals surface area contributed by atoms with Crippen molar-refractivity contribution >= 4 is 10.0 Å². The molecule has 1 aromatic rings. The van der Waals surface area contributed by atoms with Crippen LogP contribution in [-0.4, -0.2) is 37.5 Å². The number of benzene rings is 1. The van der Waals surface area contributed by atoms with Crippen molar-refractivity contribution in [3.8, 4) is 5.75 Å². The van der Waals surface area contributed by atoms with Crippen LogP contribution in [0.1, 0.15) is 25.8 Å². The molecule has 1 saturated heterocycles. The third-order valence-electron chi connectivity index (χ3n) is 3.53. The van der Waals surface area contributed by atoms with E-state index in [9.17, 15) is 13.5 Å². The lowest BCUT2D eigenvalue weighted by Gasteiger charge is -2.17. The van der Waals surface area contributed by atoms with Gasteiger partial charge in [-0.05, 0) is 37.5 Å². The highest BCUT2D eigenvalue weighted by Crippen LogP contribution is 2.28. The molecule has 1 heterocycles. The Kier molecular flexibility index (Phi) is 4.67. The minimum Gasteiger partial charge on any atom is -0.494 e. The number of sulfonamides is 1. The van der Waals surface area contributed by atoms with Gasteiger partial charge in [0.05, 0.1) is 18.1 Å². The standard InChI is InChI=1S/C14H21NO4S/c1-3-19-14-5-4-13(8-12(14)10-16)20(17,18)15-7-6-11(2)9-15/h4-5,8,11,16H,3,6-7,9-10H2,1-2H3. The summed E-state index contributed by atoms with van der Waals surface area (Å²) in [5.41, 5.74) is 0.500. The van der Waals surface area contributed by atoms with Crippen LogP contribution < -0.4 is 4.74 Å². The Morgan fingerprint density at radius 2 is 2.20 bits per heavy atom. The van der Waals surface area contributed by atoms with Crippen LogP contribution in [0.4, 0.5) is 0 Å². The first-order chi connectivity index (χ1) is 9.48. The fraction of sp³-hybridized carbons (Fsp3) is 0.571. The molecule has 2 rings (SSSR count). The summed E-state index contributed by atoms with van der Waals surface area (Å²) in [6, 6.07) is 4.66. The summed E-state index contributed by atoms with van der Waals surface area (Å²) in [5, 5.41) is 9.35. The number of rotatable bonds is 5. The lowest BCUT2D eigenvalue weighted by molar-refractivity contribution is 0.266. The van der Waals surface area contributed by atoms with E-state index >= 15 is 0 Å². The van der Waals surface area contributed by atoms with Gasteiger partial charge in [0, 0.05) is 18.7 Å². The zero-order valence-corrected chi connectivity index (χ0v) is 12.7. The molecule has 1 N–H and O–H groups in total. The normalized spacial score (nSPS) is 20.2. The average Bonchev–Trinajstić information content (AvgIpc) is 2.87. The van der Waals surface area contributed by atoms with E-state index in [2.05, 4.69) is 0 Å². The molecule has 0 aromatic heterocycles. The predicted octanol–water partition coefficient (Wildman–Crippen LogP) is 1.61. The number of ether oxygens (including phenoxy) is 1. The largest absolute Gasteiger partial charge is 0.494 e. The maximum absolute atomic E-state index is 12.5. The van der Waals surface area contributed by atoms with Crippen molar-refractivity contribution < 1.29 is 18.3 Å². The molecule has 1 aliphatic heterocycles. The number of hydrogen-bond donors (Lipinski definition) is 1. The summed E-state index contributed by atoms with van der Waals surface area (Å²) in [6.45, 7) is 5.25. The van der Waals surface area contributed by atoms with Crippen molar-refractivity contribution in [3.63, 3.8) is 0 Å². The summed E-state index contributed by atoms with van der Waals surface area (Å²) in [7, 11) is -3.47. The van der Waals surface area contributed by atoms with Crippen LogP contribution in [-0.2, 0) is 16.6 Å². The summed E-state index contributed by atoms with van der Waals surface area (Å²) in [6.07, 6.45) is 0.892. The number of hydrogen-bond acceptors (Lipinski definition) is 4. The molecular weight excluding hydrogens is 278 g/mol. The molecule has 0 bridgehead atoms. The Balaban J connectivity index is 2.32. The first-order valence-electron chi connectivity index (χ1n) is 6.85. The zero-order chi connectivity index (χ0) is 14.8. The van der Waals surface area contributed by atoms with Gasteiger partial charge < -0.3 is 9.84 Å². The second kappa shape index (κ2) is 6.11. The van der Waals surface area contributed by atoms with Crippen molar-refractivity contribution in [1.82, 2.24) is 4.31 Å². The van der Waals surface area contributed by atoms with Gasteiger partial charge in [-0.1, -0.05) is 6.92 Å². The van der Waals surface area contributed by atoms with Crippen LogP contribution in [0.3, 0.4) is 0 Å². The maximum atomic E-state index is 12.5. The molecule has 5 nitrogen and oxygen atoms in total. The van der Waals surface area contributed by atoms with Crippen molar-refractivity contribution in [2.24, 2.45) is 5.92 Å². The van der Waals surface area contributed by atoms with Gasteiger partial charge in [0.15, 0.2) is 0 Å². The molecule has 0 radical (unpaired) electrons. The third-order valence-corrected chi connectivity index (χ3v) is 5.39. The molecule has 1 fully saturated rings. The fourth-order valence-corrected chi connectivity index (χ4v) is 4.02. The smallest absolute Gasteiger partial charge is 0.243 e. The van der Waals surface area contributed by atoms with Gasteiger partial charge in [-0.2, -0.15) is 4.31 Å². The highest BCUT2D eigenvalue weighted by Gasteiger charge is 2.30.